The number of nitrogens with zero attached hydrogens (tertiary/aromatic N) is 2. The smallest absolute Gasteiger partial charge is 0.169 e. The number of fused-ring (bicyclic) bond motifs is 1. The van der Waals surface area contributed by atoms with E-state index < -0.39 is 5.60 Å². The predicted octanol–water partition coefficient (Wildman–Crippen LogP) is 3.65. The van der Waals surface area contributed by atoms with Gasteiger partial charge in [0.05, 0.1) is 17.9 Å². The van der Waals surface area contributed by atoms with E-state index >= 15 is 0 Å². The zero-order chi connectivity index (χ0) is 22.9. The Hall–Kier alpha value is -2.19. The summed E-state index contributed by atoms with van der Waals surface area (Å²) in [4.78, 5) is 5.21. The van der Waals surface area contributed by atoms with Crippen LogP contribution in [0.15, 0.2) is 29.4 Å². The molecule has 1 unspecified atom stereocenters. The molecule has 1 aromatic heterocycles. The van der Waals surface area contributed by atoms with Crippen LogP contribution in [0.3, 0.4) is 0 Å². The highest BCUT2D eigenvalue weighted by Crippen LogP contribution is 2.46. The summed E-state index contributed by atoms with van der Waals surface area (Å²) in [7, 11) is 1.68. The molecule has 1 aromatic carbocycles. The fraction of sp³-hybridized carbons (Fsp3) is 0.500. The van der Waals surface area contributed by atoms with Crippen molar-refractivity contribution < 1.29 is 9.47 Å². The van der Waals surface area contributed by atoms with E-state index in [2.05, 4.69) is 30.4 Å². The van der Waals surface area contributed by atoms with Crippen LogP contribution in [-0.4, -0.2) is 31.1 Å². The number of hydrazine groups is 1. The summed E-state index contributed by atoms with van der Waals surface area (Å²) >= 11 is 6.42. The van der Waals surface area contributed by atoms with Crippen molar-refractivity contribution in [1.82, 2.24) is 10.4 Å². The lowest BCUT2D eigenvalue weighted by Gasteiger charge is -2.36. The van der Waals surface area contributed by atoms with Crippen molar-refractivity contribution in [3.63, 3.8) is 0 Å². The lowest BCUT2D eigenvalue weighted by Crippen LogP contribution is -2.40. The minimum atomic E-state index is -0.688. The number of aromatic nitrogens is 1. The number of aryl methyl sites for hydroxylation is 1. The molecular formula is C24H32ClN5O2. The van der Waals surface area contributed by atoms with Gasteiger partial charge in [-0.2, -0.15) is 5.10 Å². The van der Waals surface area contributed by atoms with Crippen LogP contribution >= 0.6 is 11.6 Å². The van der Waals surface area contributed by atoms with E-state index in [-0.39, 0.29) is 5.41 Å². The van der Waals surface area contributed by atoms with Crippen molar-refractivity contribution >= 4 is 17.4 Å². The molecule has 1 fully saturated rings. The fourth-order valence-electron chi connectivity index (χ4n) is 5.09. The monoisotopic (exact) mass is 457 g/mol. The highest BCUT2D eigenvalue weighted by atomic mass is 35.5. The number of pyridine rings is 1. The number of benzene rings is 1. The topological polar surface area (TPSA) is 108 Å². The second kappa shape index (κ2) is 8.98. The molecule has 2 aromatic rings. The summed E-state index contributed by atoms with van der Waals surface area (Å²) < 4.78 is 11.9. The number of hydrazone groups is 1. The number of halogens is 1. The minimum absolute atomic E-state index is 0.144. The largest absolute Gasteiger partial charge is 0.381 e. The van der Waals surface area contributed by atoms with Gasteiger partial charge in [-0.05, 0) is 66.3 Å². The average molecular weight is 458 g/mol. The van der Waals surface area contributed by atoms with E-state index in [1.54, 1.807) is 7.11 Å². The van der Waals surface area contributed by atoms with Gasteiger partial charge in [0.15, 0.2) is 5.84 Å². The first kappa shape index (κ1) is 23.0. The number of hydrogen-bond acceptors (Lipinski definition) is 6. The Labute approximate surface area is 194 Å². The van der Waals surface area contributed by atoms with E-state index in [1.807, 2.05) is 18.2 Å². The lowest BCUT2D eigenvalue weighted by molar-refractivity contribution is -0.0591. The second-order valence-corrected chi connectivity index (χ2v) is 9.92. The highest BCUT2D eigenvalue weighted by Gasteiger charge is 2.44. The zero-order valence-electron chi connectivity index (χ0n) is 19.0. The third-order valence-corrected chi connectivity index (χ3v) is 6.84. The quantitative estimate of drug-likeness (QED) is 0.274. The molecule has 0 spiro atoms. The Morgan fingerprint density at radius 3 is 2.78 bits per heavy atom. The molecule has 0 bridgehead atoms. The summed E-state index contributed by atoms with van der Waals surface area (Å²) in [5, 5.41) is 4.66. The van der Waals surface area contributed by atoms with Crippen molar-refractivity contribution in [2.24, 2.45) is 22.2 Å². The Morgan fingerprint density at radius 1 is 1.34 bits per heavy atom. The number of rotatable bonds is 5. The van der Waals surface area contributed by atoms with E-state index in [9.17, 15) is 0 Å². The molecular weight excluding hydrogens is 426 g/mol. The van der Waals surface area contributed by atoms with Crippen LogP contribution in [0.25, 0.3) is 11.1 Å². The van der Waals surface area contributed by atoms with Crippen LogP contribution in [0.1, 0.15) is 55.6 Å². The third-order valence-electron chi connectivity index (χ3n) is 6.61. The number of amidine groups is 1. The van der Waals surface area contributed by atoms with Crippen LogP contribution in [0, 0.1) is 5.41 Å². The third kappa shape index (κ3) is 4.10. The van der Waals surface area contributed by atoms with Crippen LogP contribution in [0.2, 0.25) is 5.02 Å². The summed E-state index contributed by atoms with van der Waals surface area (Å²) in [5.41, 5.74) is 7.93. The molecule has 8 heteroatoms. The maximum absolute atomic E-state index is 6.42. The molecule has 0 amide bonds. The Kier molecular flexibility index (Phi) is 6.45. The molecule has 1 aliphatic heterocycles. The van der Waals surface area contributed by atoms with Crippen molar-refractivity contribution in [1.29, 1.82) is 0 Å². The molecule has 0 saturated carbocycles. The molecule has 1 saturated heterocycles. The second-order valence-electron chi connectivity index (χ2n) is 9.49. The molecule has 0 radical (unpaired) electrons. The van der Waals surface area contributed by atoms with Gasteiger partial charge in [0.25, 0.3) is 0 Å². The van der Waals surface area contributed by atoms with Gasteiger partial charge in [-0.1, -0.05) is 37.6 Å². The molecule has 2 aliphatic rings. The molecule has 1 aliphatic carbocycles. The van der Waals surface area contributed by atoms with Crippen molar-refractivity contribution in [3.8, 4) is 11.1 Å². The first-order valence-corrected chi connectivity index (χ1v) is 11.4. The maximum atomic E-state index is 6.42. The van der Waals surface area contributed by atoms with E-state index in [0.29, 0.717) is 24.1 Å². The average Bonchev–Trinajstić information content (AvgIpc) is 3.23. The number of hydrogen-bond donors (Lipinski definition) is 3. The SMILES string of the molecule is COCC1(c2nc3c(c(-c4cccc(Cl)c4)c2/C(=N/N)NN)CC(C)(C)CC3)CCCO1. The highest BCUT2D eigenvalue weighted by molar-refractivity contribution is 6.30. The normalized spacial score (nSPS) is 22.6. The minimum Gasteiger partial charge on any atom is -0.381 e. The molecule has 1 atom stereocenters. The van der Waals surface area contributed by atoms with E-state index in [4.69, 9.17) is 37.7 Å². The summed E-state index contributed by atoms with van der Waals surface area (Å²) in [6.45, 7) is 5.61. The van der Waals surface area contributed by atoms with Gasteiger partial charge in [0.1, 0.15) is 5.60 Å². The maximum Gasteiger partial charge on any atom is 0.169 e. The van der Waals surface area contributed by atoms with Gasteiger partial charge < -0.3 is 20.7 Å². The molecule has 172 valence electrons. The summed E-state index contributed by atoms with van der Waals surface area (Å²) in [6, 6.07) is 7.84. The predicted molar refractivity (Wildman–Crippen MR) is 127 cm³/mol. The van der Waals surface area contributed by atoms with Crippen molar-refractivity contribution in [2.75, 3.05) is 20.3 Å². The van der Waals surface area contributed by atoms with Gasteiger partial charge >= 0.3 is 0 Å². The van der Waals surface area contributed by atoms with Crippen LogP contribution < -0.4 is 17.1 Å². The van der Waals surface area contributed by atoms with Crippen molar-refractivity contribution in [3.05, 3.63) is 51.8 Å². The van der Waals surface area contributed by atoms with Crippen molar-refractivity contribution in [2.45, 2.75) is 51.6 Å². The Bertz CT molecular complexity index is 1030. The number of nitrogens with two attached hydrogens (primary N) is 2. The van der Waals surface area contributed by atoms with E-state index in [1.165, 1.54) is 5.56 Å². The zero-order valence-corrected chi connectivity index (χ0v) is 19.8. The van der Waals surface area contributed by atoms with Gasteiger partial charge in [0.2, 0.25) is 0 Å². The number of ether oxygens (including phenoxy) is 2. The van der Waals surface area contributed by atoms with Crippen LogP contribution in [0.4, 0.5) is 0 Å². The van der Waals surface area contributed by atoms with Gasteiger partial charge in [-0.3, -0.25) is 4.98 Å². The number of nitrogens with one attached hydrogen (secondary N) is 1. The first-order chi connectivity index (χ1) is 15.3. The summed E-state index contributed by atoms with van der Waals surface area (Å²) in [5.74, 6) is 12.1. The molecule has 5 N–H and O–H groups in total. The molecule has 2 heterocycles. The lowest BCUT2D eigenvalue weighted by atomic mass is 9.72. The van der Waals surface area contributed by atoms with E-state index in [0.717, 1.165) is 60.2 Å². The fourth-order valence-corrected chi connectivity index (χ4v) is 5.28. The van der Waals surface area contributed by atoms with Crippen LogP contribution in [-0.2, 0) is 27.9 Å². The van der Waals surface area contributed by atoms with Gasteiger partial charge in [-0.25, -0.2) is 5.84 Å². The number of methoxy groups -OCH3 is 1. The Balaban J connectivity index is 2.11. The first-order valence-electron chi connectivity index (χ1n) is 11.0. The summed E-state index contributed by atoms with van der Waals surface area (Å²) in [6.07, 6.45) is 4.54. The molecule has 4 rings (SSSR count). The Morgan fingerprint density at radius 2 is 2.16 bits per heavy atom. The molecule has 32 heavy (non-hydrogen) atoms. The van der Waals surface area contributed by atoms with Gasteiger partial charge in [0, 0.05) is 24.4 Å². The van der Waals surface area contributed by atoms with Crippen LogP contribution in [0.5, 0.6) is 0 Å². The van der Waals surface area contributed by atoms with Gasteiger partial charge in [-0.15, -0.1) is 0 Å². The standard InChI is InChI=1S/C24H32ClN5O2/c1-23(2)10-8-18-17(13-23)19(15-6-4-7-16(25)12-15)20(22(29-26)30-27)21(28-18)24(14-31-3)9-5-11-32-24/h4,6-7,12H,5,8-11,13-14,26-27H2,1-3H3,(H,29,30). The molecule has 7 nitrogen and oxygen atoms in total.